The Labute approximate surface area is 173 Å². The fourth-order valence-electron chi connectivity index (χ4n) is 3.74. The van der Waals surface area contributed by atoms with Crippen LogP contribution in [0.3, 0.4) is 0 Å². The van der Waals surface area contributed by atoms with Crippen LogP contribution in [-0.4, -0.2) is 65.5 Å². The Hall–Kier alpha value is -3.36. The Morgan fingerprint density at radius 2 is 2.17 bits per heavy atom. The molecule has 1 saturated heterocycles. The van der Waals surface area contributed by atoms with E-state index in [0.717, 1.165) is 18.8 Å². The predicted octanol–water partition coefficient (Wildman–Crippen LogP) is 3.21. The van der Waals surface area contributed by atoms with Gasteiger partial charge in [-0.25, -0.2) is 18.7 Å². The highest BCUT2D eigenvalue weighted by atomic mass is 19.1. The van der Waals surface area contributed by atoms with E-state index in [1.165, 1.54) is 12.1 Å². The van der Waals surface area contributed by atoms with Gasteiger partial charge < -0.3 is 19.3 Å². The maximum absolute atomic E-state index is 13.9. The summed E-state index contributed by atoms with van der Waals surface area (Å²) in [5.74, 6) is 0.945. The minimum Gasteiger partial charge on any atom is -0.496 e. The van der Waals surface area contributed by atoms with Crippen LogP contribution in [-0.2, 0) is 4.74 Å². The third-order valence-electron chi connectivity index (χ3n) is 5.38. The molecule has 1 aromatic carbocycles. The summed E-state index contributed by atoms with van der Waals surface area (Å²) in [7, 11) is 3.30. The topological polar surface area (TPSA) is 72.2 Å². The number of halogens is 1. The van der Waals surface area contributed by atoms with Crippen molar-refractivity contribution < 1.29 is 18.7 Å². The Bertz CT molecular complexity index is 1070. The number of hydrogen-bond acceptors (Lipinski definition) is 6. The summed E-state index contributed by atoms with van der Waals surface area (Å²) >= 11 is 0. The van der Waals surface area contributed by atoms with Crippen molar-refractivity contribution in [2.75, 3.05) is 38.8 Å². The lowest BCUT2D eigenvalue weighted by molar-refractivity contribution is 0.105. The molecule has 0 saturated carbocycles. The first-order valence-electron chi connectivity index (χ1n) is 9.85. The number of aromatic nitrogens is 3. The molecule has 8 nitrogen and oxygen atoms in total. The molecular weight excluding hydrogens is 389 g/mol. The van der Waals surface area contributed by atoms with Crippen LogP contribution >= 0.6 is 0 Å². The molecule has 0 bridgehead atoms. The van der Waals surface area contributed by atoms with Gasteiger partial charge >= 0.3 is 6.09 Å². The van der Waals surface area contributed by atoms with Gasteiger partial charge in [0.25, 0.3) is 0 Å². The highest BCUT2D eigenvalue weighted by Crippen LogP contribution is 2.31. The van der Waals surface area contributed by atoms with E-state index >= 15 is 0 Å². The number of benzene rings is 1. The number of carbonyl (C=O) groups is 1. The third kappa shape index (κ3) is 3.62. The molecule has 3 aromatic rings. The maximum Gasteiger partial charge on any atom is 0.409 e. The Balaban J connectivity index is 1.63. The van der Waals surface area contributed by atoms with Crippen LogP contribution in [0.1, 0.15) is 13.3 Å². The number of fused-ring (bicyclic) bond motifs is 1. The van der Waals surface area contributed by atoms with Gasteiger partial charge in [-0.3, -0.25) is 0 Å². The second kappa shape index (κ2) is 8.17. The molecule has 0 radical (unpaired) electrons. The molecule has 1 aliphatic heterocycles. The van der Waals surface area contributed by atoms with E-state index in [0.29, 0.717) is 35.8 Å². The number of amides is 1. The number of nitrogens with zero attached hydrogens (tertiary/aromatic N) is 5. The zero-order valence-electron chi connectivity index (χ0n) is 17.2. The van der Waals surface area contributed by atoms with Crippen LogP contribution in [0.25, 0.3) is 16.9 Å². The van der Waals surface area contributed by atoms with Gasteiger partial charge in [-0.05, 0) is 43.7 Å². The summed E-state index contributed by atoms with van der Waals surface area (Å²) in [6, 6.07) is 8.18. The van der Waals surface area contributed by atoms with Gasteiger partial charge in [0.05, 0.1) is 31.6 Å². The third-order valence-corrected chi connectivity index (χ3v) is 5.38. The smallest absolute Gasteiger partial charge is 0.409 e. The fourth-order valence-corrected chi connectivity index (χ4v) is 3.74. The predicted molar refractivity (Wildman–Crippen MR) is 110 cm³/mol. The second-order valence-electron chi connectivity index (χ2n) is 7.15. The monoisotopic (exact) mass is 413 g/mol. The normalized spacial score (nSPS) is 16.1. The molecule has 0 N–H and O–H groups in total. The van der Waals surface area contributed by atoms with Gasteiger partial charge in [-0.15, -0.1) is 5.10 Å². The average Bonchev–Trinajstić information content (AvgIpc) is 3.40. The molecule has 2 aromatic heterocycles. The van der Waals surface area contributed by atoms with E-state index in [2.05, 4.69) is 9.88 Å². The number of anilines is 1. The number of ether oxygens (including phenoxy) is 2. The van der Waals surface area contributed by atoms with Gasteiger partial charge in [0.15, 0.2) is 5.65 Å². The number of rotatable bonds is 5. The maximum atomic E-state index is 13.9. The van der Waals surface area contributed by atoms with Crippen molar-refractivity contribution in [1.29, 1.82) is 0 Å². The van der Waals surface area contributed by atoms with Crippen LogP contribution in [0.15, 0.2) is 36.5 Å². The van der Waals surface area contributed by atoms with Crippen molar-refractivity contribution in [3.63, 3.8) is 0 Å². The van der Waals surface area contributed by atoms with Crippen molar-refractivity contribution >= 4 is 17.6 Å². The van der Waals surface area contributed by atoms with Crippen molar-refractivity contribution in [2.24, 2.45) is 0 Å². The molecule has 0 spiro atoms. The summed E-state index contributed by atoms with van der Waals surface area (Å²) in [6.45, 7) is 3.56. The molecule has 4 rings (SSSR count). The van der Waals surface area contributed by atoms with Crippen LogP contribution in [0.5, 0.6) is 5.75 Å². The van der Waals surface area contributed by atoms with Crippen LogP contribution in [0.2, 0.25) is 0 Å². The minimum absolute atomic E-state index is 0.0483. The number of imidazole rings is 1. The molecule has 30 heavy (non-hydrogen) atoms. The molecule has 1 atom stereocenters. The fraction of sp³-hybridized carbons (Fsp3) is 0.381. The summed E-state index contributed by atoms with van der Waals surface area (Å²) < 4.78 is 26.1. The standard InChI is InChI=1S/C21H24FN5O3/c1-4-30-21(28)25(2)15-9-10-26(13-15)20-8-7-19-23-12-17(27(19)24-20)16-11-14(22)5-6-18(16)29-3/h5-8,11-12,15H,4,9-10,13H2,1-3H3/t15-/m0/s1. The SMILES string of the molecule is CCOC(=O)N(C)[C@H]1CCN(c2ccc3ncc(-c4cc(F)ccc4OC)n3n2)C1. The molecule has 3 heterocycles. The van der Waals surface area contributed by atoms with Crippen LogP contribution in [0.4, 0.5) is 15.0 Å². The lowest BCUT2D eigenvalue weighted by Gasteiger charge is -2.24. The number of likely N-dealkylation sites (N-methyl/N-ethyl adjacent to an activating group) is 1. The molecule has 1 aliphatic rings. The van der Waals surface area contributed by atoms with E-state index in [9.17, 15) is 9.18 Å². The largest absolute Gasteiger partial charge is 0.496 e. The average molecular weight is 413 g/mol. The molecular formula is C21H24FN5O3. The van der Waals surface area contributed by atoms with E-state index < -0.39 is 0 Å². The Morgan fingerprint density at radius 1 is 1.33 bits per heavy atom. The number of methoxy groups -OCH3 is 1. The van der Waals surface area contributed by atoms with Crippen molar-refractivity contribution in [3.05, 3.63) is 42.3 Å². The summed E-state index contributed by atoms with van der Waals surface area (Å²) in [6.07, 6.45) is 2.16. The van der Waals surface area contributed by atoms with Gasteiger partial charge in [-0.2, -0.15) is 0 Å². The molecule has 0 aliphatic carbocycles. The summed E-state index contributed by atoms with van der Waals surface area (Å²) in [5, 5.41) is 4.74. The summed E-state index contributed by atoms with van der Waals surface area (Å²) in [4.78, 5) is 20.2. The minimum atomic E-state index is -0.360. The quantitative estimate of drug-likeness (QED) is 0.640. The first-order chi connectivity index (χ1) is 14.5. The molecule has 0 unspecified atom stereocenters. The van der Waals surface area contributed by atoms with Crippen molar-refractivity contribution in [1.82, 2.24) is 19.5 Å². The zero-order chi connectivity index (χ0) is 21.3. The molecule has 1 fully saturated rings. The second-order valence-corrected chi connectivity index (χ2v) is 7.15. The highest BCUT2D eigenvalue weighted by molar-refractivity contribution is 5.70. The summed E-state index contributed by atoms with van der Waals surface area (Å²) in [5.41, 5.74) is 1.87. The molecule has 158 valence electrons. The van der Waals surface area contributed by atoms with E-state index in [-0.39, 0.29) is 18.0 Å². The molecule has 1 amide bonds. The van der Waals surface area contributed by atoms with Crippen molar-refractivity contribution in [2.45, 2.75) is 19.4 Å². The van der Waals surface area contributed by atoms with E-state index in [1.54, 1.807) is 42.8 Å². The van der Waals surface area contributed by atoms with Gasteiger partial charge in [0.1, 0.15) is 17.4 Å². The van der Waals surface area contributed by atoms with Gasteiger partial charge in [0, 0.05) is 25.7 Å². The Kier molecular flexibility index (Phi) is 5.43. The highest BCUT2D eigenvalue weighted by Gasteiger charge is 2.30. The van der Waals surface area contributed by atoms with Gasteiger partial charge in [0.2, 0.25) is 0 Å². The number of carbonyl (C=O) groups excluding carboxylic acids is 1. The van der Waals surface area contributed by atoms with Crippen LogP contribution < -0.4 is 9.64 Å². The first kappa shape index (κ1) is 19.9. The van der Waals surface area contributed by atoms with Crippen molar-refractivity contribution in [3.8, 4) is 17.0 Å². The van der Waals surface area contributed by atoms with Crippen LogP contribution in [0, 0.1) is 5.82 Å². The van der Waals surface area contributed by atoms with E-state index in [1.807, 2.05) is 12.1 Å². The first-order valence-corrected chi connectivity index (χ1v) is 9.85. The number of hydrogen-bond donors (Lipinski definition) is 0. The zero-order valence-corrected chi connectivity index (χ0v) is 17.2. The lowest BCUT2D eigenvalue weighted by Crippen LogP contribution is -2.39. The Morgan fingerprint density at radius 3 is 2.93 bits per heavy atom. The lowest BCUT2D eigenvalue weighted by atomic mass is 10.1. The van der Waals surface area contributed by atoms with Gasteiger partial charge in [-0.1, -0.05) is 0 Å². The van der Waals surface area contributed by atoms with E-state index in [4.69, 9.17) is 14.6 Å². The molecule has 9 heteroatoms.